The third-order valence-corrected chi connectivity index (χ3v) is 5.66. The van der Waals surface area contributed by atoms with E-state index in [0.29, 0.717) is 30.5 Å². The molecule has 0 fully saturated rings. The predicted octanol–water partition coefficient (Wildman–Crippen LogP) is 2.29. The summed E-state index contributed by atoms with van der Waals surface area (Å²) in [7, 11) is 5.14. The van der Waals surface area contributed by atoms with Crippen molar-refractivity contribution >= 4 is 23.4 Å². The van der Waals surface area contributed by atoms with Crippen LogP contribution in [0.3, 0.4) is 0 Å². The first-order chi connectivity index (χ1) is 15.4. The molecule has 1 aromatic carbocycles. The number of fused-ring (bicyclic) bond motifs is 1. The smallest absolute Gasteiger partial charge is 0.252 e. The molecule has 9 nitrogen and oxygen atoms in total. The van der Waals surface area contributed by atoms with Crippen molar-refractivity contribution in [3.63, 3.8) is 0 Å². The van der Waals surface area contributed by atoms with Gasteiger partial charge < -0.3 is 19.9 Å². The number of carbonyl (C=O) groups is 1. The second kappa shape index (κ2) is 8.91. The summed E-state index contributed by atoms with van der Waals surface area (Å²) >= 11 is 0. The fourth-order valence-electron chi connectivity index (χ4n) is 3.75. The number of amides is 1. The van der Waals surface area contributed by atoms with E-state index in [4.69, 9.17) is 4.74 Å². The first kappa shape index (κ1) is 21.7. The Labute approximate surface area is 185 Å². The topological polar surface area (TPSA) is 88.4 Å². The average molecular weight is 439 g/mol. The van der Waals surface area contributed by atoms with Crippen LogP contribution in [0.15, 0.2) is 42.9 Å². The third kappa shape index (κ3) is 4.26. The molecule has 10 heteroatoms. The average Bonchev–Trinajstić information content (AvgIpc) is 3.24. The fourth-order valence-corrected chi connectivity index (χ4v) is 3.75. The molecule has 1 amide bonds. The highest BCUT2D eigenvalue weighted by Crippen LogP contribution is 2.34. The number of benzene rings is 1. The molecule has 1 unspecified atom stereocenters. The summed E-state index contributed by atoms with van der Waals surface area (Å²) in [5.41, 5.74) is 2.57. The third-order valence-electron chi connectivity index (χ3n) is 5.66. The van der Waals surface area contributed by atoms with Crippen LogP contribution < -0.4 is 15.1 Å². The number of methoxy groups -OCH3 is 1. The first-order valence-corrected chi connectivity index (χ1v) is 10.3. The minimum atomic E-state index is -0.468. The molecule has 32 heavy (non-hydrogen) atoms. The Kier molecular flexibility index (Phi) is 6.04. The maximum Gasteiger partial charge on any atom is 0.252 e. The van der Waals surface area contributed by atoms with Crippen LogP contribution in [0, 0.1) is 5.82 Å². The van der Waals surface area contributed by atoms with Gasteiger partial charge in [0.25, 0.3) is 5.91 Å². The van der Waals surface area contributed by atoms with E-state index in [1.54, 1.807) is 48.3 Å². The molecular weight excluding hydrogens is 413 g/mol. The van der Waals surface area contributed by atoms with Crippen molar-refractivity contribution in [2.75, 3.05) is 36.3 Å². The summed E-state index contributed by atoms with van der Waals surface area (Å²) in [5.74, 6) is 0.791. The lowest BCUT2D eigenvalue weighted by Crippen LogP contribution is -2.56. The van der Waals surface area contributed by atoms with Crippen molar-refractivity contribution in [1.82, 2.24) is 19.7 Å². The molecule has 4 rings (SSSR count). The normalized spacial score (nSPS) is 16.8. The molecule has 2 aromatic heterocycles. The van der Waals surface area contributed by atoms with Crippen molar-refractivity contribution in [3.05, 3.63) is 59.8 Å². The molecule has 0 radical (unpaired) electrons. The van der Waals surface area contributed by atoms with Crippen LogP contribution in [0.25, 0.3) is 0 Å². The van der Waals surface area contributed by atoms with E-state index in [-0.39, 0.29) is 17.8 Å². The molecule has 2 atom stereocenters. The Hall–Kier alpha value is -3.53. The molecule has 168 valence electrons. The van der Waals surface area contributed by atoms with E-state index in [1.165, 1.54) is 12.1 Å². The molecule has 3 aromatic rings. The monoisotopic (exact) mass is 439 g/mol. The summed E-state index contributed by atoms with van der Waals surface area (Å²) in [5, 5.41) is 7.58. The Morgan fingerprint density at radius 3 is 2.66 bits per heavy atom. The van der Waals surface area contributed by atoms with E-state index in [2.05, 4.69) is 20.4 Å². The number of nitrogens with one attached hydrogen (secondary N) is 1. The van der Waals surface area contributed by atoms with Gasteiger partial charge in [-0.15, -0.1) is 0 Å². The van der Waals surface area contributed by atoms with Crippen molar-refractivity contribution < 1.29 is 13.9 Å². The van der Waals surface area contributed by atoms with Crippen molar-refractivity contribution in [3.8, 4) is 0 Å². The molecule has 1 aliphatic heterocycles. The lowest BCUT2D eigenvalue weighted by molar-refractivity contribution is -0.122. The number of nitrogens with zero attached hydrogens (tertiary/aromatic N) is 6. The largest absolute Gasteiger partial charge is 0.379 e. The van der Waals surface area contributed by atoms with Gasteiger partial charge in [-0.1, -0.05) is 12.1 Å². The molecule has 0 saturated heterocycles. The van der Waals surface area contributed by atoms with Crippen LogP contribution >= 0.6 is 0 Å². The van der Waals surface area contributed by atoms with Crippen molar-refractivity contribution in [2.45, 2.75) is 32.2 Å². The summed E-state index contributed by atoms with van der Waals surface area (Å²) in [6.07, 6.45) is 5.04. The van der Waals surface area contributed by atoms with Crippen LogP contribution in [0.2, 0.25) is 0 Å². The van der Waals surface area contributed by atoms with Gasteiger partial charge in [0, 0.05) is 39.5 Å². The first-order valence-electron chi connectivity index (χ1n) is 10.3. The predicted molar refractivity (Wildman–Crippen MR) is 119 cm³/mol. The number of carbonyl (C=O) groups excluding carboxylic acids is 1. The quantitative estimate of drug-likeness (QED) is 0.604. The Bertz CT molecular complexity index is 1100. The van der Waals surface area contributed by atoms with Gasteiger partial charge >= 0.3 is 0 Å². The number of aromatic nitrogens is 4. The highest BCUT2D eigenvalue weighted by atomic mass is 19.1. The zero-order valence-corrected chi connectivity index (χ0v) is 18.5. The van der Waals surface area contributed by atoms with Crippen molar-refractivity contribution in [2.24, 2.45) is 0 Å². The highest BCUT2D eigenvalue weighted by Gasteiger charge is 2.39. The van der Waals surface area contributed by atoms with Gasteiger partial charge in [0.2, 0.25) is 5.95 Å². The van der Waals surface area contributed by atoms with Gasteiger partial charge in [0.1, 0.15) is 17.5 Å². The zero-order valence-electron chi connectivity index (χ0n) is 18.5. The van der Waals surface area contributed by atoms with Gasteiger partial charge in [-0.2, -0.15) is 10.1 Å². The number of hydrogen-bond acceptors (Lipinski definition) is 7. The number of halogens is 1. The van der Waals surface area contributed by atoms with Gasteiger partial charge in [-0.25, -0.2) is 9.37 Å². The SMILES string of the molecule is COC(C)[C@H]1C(=O)N(C)c2cnc(NCc3cnn(Cc4ccc(F)cc4)c3)nc2N1C. The van der Waals surface area contributed by atoms with E-state index < -0.39 is 6.04 Å². The molecular formula is C22H26FN7O2. The Morgan fingerprint density at radius 2 is 1.94 bits per heavy atom. The van der Waals surface area contributed by atoms with E-state index in [1.807, 2.05) is 25.1 Å². The standard InChI is InChI=1S/C22H26FN7O2/c1-14(32-4)19-21(31)28(2)18-11-25-22(27-20(18)29(19)3)24-9-16-10-26-30(13-16)12-15-5-7-17(23)8-6-15/h5-8,10-11,13-14,19H,9,12H2,1-4H3,(H,24,25,27)/t14?,19-/m0/s1. The fraction of sp³-hybridized carbons (Fsp3) is 0.364. The van der Waals surface area contributed by atoms with E-state index in [0.717, 1.165) is 11.1 Å². The molecule has 0 spiro atoms. The summed E-state index contributed by atoms with van der Waals surface area (Å²) in [4.78, 5) is 25.1. The molecule has 0 saturated carbocycles. The van der Waals surface area contributed by atoms with Gasteiger partial charge in [0.05, 0.1) is 25.0 Å². The number of rotatable bonds is 7. The van der Waals surface area contributed by atoms with Crippen LogP contribution in [0.5, 0.6) is 0 Å². The number of ether oxygens (including phenoxy) is 1. The van der Waals surface area contributed by atoms with Crippen LogP contribution in [-0.4, -0.2) is 59.0 Å². The molecule has 1 N–H and O–H groups in total. The minimum Gasteiger partial charge on any atom is -0.379 e. The number of likely N-dealkylation sites (N-methyl/N-ethyl adjacent to an activating group) is 2. The second-order valence-electron chi connectivity index (χ2n) is 7.82. The van der Waals surface area contributed by atoms with E-state index >= 15 is 0 Å². The molecule has 1 aliphatic rings. The van der Waals surface area contributed by atoms with Crippen LogP contribution in [-0.2, 0) is 22.6 Å². The van der Waals surface area contributed by atoms with Gasteiger partial charge in [0.15, 0.2) is 5.82 Å². The van der Waals surface area contributed by atoms with Crippen LogP contribution in [0.1, 0.15) is 18.1 Å². The number of anilines is 3. The second-order valence-corrected chi connectivity index (χ2v) is 7.82. The zero-order chi connectivity index (χ0) is 22.8. The lowest BCUT2D eigenvalue weighted by atomic mass is 10.1. The summed E-state index contributed by atoms with van der Waals surface area (Å²) in [6.45, 7) is 2.90. The molecule has 0 bridgehead atoms. The maximum absolute atomic E-state index is 13.1. The van der Waals surface area contributed by atoms with Crippen molar-refractivity contribution in [1.29, 1.82) is 0 Å². The highest BCUT2D eigenvalue weighted by molar-refractivity contribution is 6.04. The molecule has 0 aliphatic carbocycles. The van der Waals surface area contributed by atoms with Gasteiger partial charge in [-0.3, -0.25) is 9.48 Å². The van der Waals surface area contributed by atoms with E-state index in [9.17, 15) is 9.18 Å². The molecule has 3 heterocycles. The van der Waals surface area contributed by atoms with Crippen LogP contribution in [0.4, 0.5) is 21.8 Å². The number of hydrogen-bond donors (Lipinski definition) is 1. The summed E-state index contributed by atoms with van der Waals surface area (Å²) in [6, 6.07) is 5.89. The lowest BCUT2D eigenvalue weighted by Gasteiger charge is -2.40. The maximum atomic E-state index is 13.1. The van der Waals surface area contributed by atoms with Gasteiger partial charge in [-0.05, 0) is 24.6 Å². The Balaban J connectivity index is 1.45. The Morgan fingerprint density at radius 1 is 1.19 bits per heavy atom. The summed E-state index contributed by atoms with van der Waals surface area (Å²) < 4.78 is 20.3. The minimum absolute atomic E-state index is 0.0628.